The summed E-state index contributed by atoms with van der Waals surface area (Å²) >= 11 is 0. The normalized spacial score (nSPS) is 20.3. The number of nitrogens with zero attached hydrogens (tertiary/aromatic N) is 1. The third-order valence-electron chi connectivity index (χ3n) is 2.81. The zero-order valence-electron chi connectivity index (χ0n) is 9.47. The number of H-pyrrole nitrogens is 1. The second-order valence-electron chi connectivity index (χ2n) is 4.00. The van der Waals surface area contributed by atoms with Gasteiger partial charge in [0, 0.05) is 18.9 Å². The van der Waals surface area contributed by atoms with E-state index < -0.39 is 12.1 Å². The Bertz CT molecular complexity index is 440. The molecule has 1 aliphatic heterocycles. The largest absolute Gasteiger partial charge is 0.479 e. The number of aliphatic carboxylic acids is 1. The van der Waals surface area contributed by atoms with Gasteiger partial charge in [-0.15, -0.1) is 0 Å². The van der Waals surface area contributed by atoms with Crippen molar-refractivity contribution < 1.29 is 19.4 Å². The summed E-state index contributed by atoms with van der Waals surface area (Å²) in [6.45, 7) is 2.61. The average Bonchev–Trinajstić information content (AvgIpc) is 2.74. The molecule has 2 N–H and O–H groups in total. The van der Waals surface area contributed by atoms with Gasteiger partial charge in [0.2, 0.25) is 0 Å². The molecule has 17 heavy (non-hydrogen) atoms. The summed E-state index contributed by atoms with van der Waals surface area (Å²) in [5.41, 5.74) is 1.43. The lowest BCUT2D eigenvalue weighted by molar-refractivity contribution is -0.154. The Morgan fingerprint density at radius 2 is 2.29 bits per heavy atom. The molecule has 1 aromatic heterocycles. The van der Waals surface area contributed by atoms with Crippen molar-refractivity contribution in [2.24, 2.45) is 0 Å². The first-order valence-corrected chi connectivity index (χ1v) is 5.36. The SMILES string of the molecule is Cc1c[nH]cc1C(=O)N1CCOC(C(=O)O)C1. The summed E-state index contributed by atoms with van der Waals surface area (Å²) in [7, 11) is 0. The average molecular weight is 238 g/mol. The van der Waals surface area contributed by atoms with Gasteiger partial charge in [0.25, 0.3) is 5.91 Å². The van der Waals surface area contributed by atoms with E-state index >= 15 is 0 Å². The lowest BCUT2D eigenvalue weighted by Crippen LogP contribution is -2.48. The van der Waals surface area contributed by atoms with E-state index in [9.17, 15) is 9.59 Å². The van der Waals surface area contributed by atoms with Crippen molar-refractivity contribution in [3.05, 3.63) is 23.5 Å². The van der Waals surface area contributed by atoms with Crippen LogP contribution in [0.15, 0.2) is 12.4 Å². The van der Waals surface area contributed by atoms with Crippen LogP contribution in [0.25, 0.3) is 0 Å². The standard InChI is InChI=1S/C11H14N2O4/c1-7-4-12-5-8(7)10(14)13-2-3-17-9(6-13)11(15)16/h4-5,9,12H,2-3,6H2,1H3,(H,15,16). The van der Waals surface area contributed by atoms with Crippen LogP contribution in [0.5, 0.6) is 0 Å². The second kappa shape index (κ2) is 4.58. The maximum Gasteiger partial charge on any atom is 0.334 e. The van der Waals surface area contributed by atoms with E-state index in [1.54, 1.807) is 12.4 Å². The molecular weight excluding hydrogens is 224 g/mol. The maximum absolute atomic E-state index is 12.1. The molecule has 0 spiro atoms. The van der Waals surface area contributed by atoms with Gasteiger partial charge in [-0.05, 0) is 12.5 Å². The molecule has 6 nitrogen and oxygen atoms in total. The number of carboxylic acid groups (broad SMARTS) is 1. The van der Waals surface area contributed by atoms with E-state index in [1.165, 1.54) is 4.90 Å². The maximum atomic E-state index is 12.1. The van der Waals surface area contributed by atoms with Gasteiger partial charge in [-0.3, -0.25) is 4.79 Å². The van der Waals surface area contributed by atoms with Gasteiger partial charge in [-0.2, -0.15) is 0 Å². The zero-order chi connectivity index (χ0) is 12.4. The second-order valence-corrected chi connectivity index (χ2v) is 4.00. The summed E-state index contributed by atoms with van der Waals surface area (Å²) in [6.07, 6.45) is 2.44. The van der Waals surface area contributed by atoms with Gasteiger partial charge < -0.3 is 19.7 Å². The molecule has 0 aromatic carbocycles. The predicted octanol–water partition coefficient (Wildman–Crippen LogP) is 0.249. The molecule has 1 saturated heterocycles. The first-order chi connectivity index (χ1) is 8.09. The number of carbonyl (C=O) groups excluding carboxylic acids is 1. The Hall–Kier alpha value is -1.82. The number of nitrogens with one attached hydrogen (secondary N) is 1. The molecule has 92 valence electrons. The van der Waals surface area contributed by atoms with Crippen LogP contribution in [0.1, 0.15) is 15.9 Å². The highest BCUT2D eigenvalue weighted by atomic mass is 16.5. The lowest BCUT2D eigenvalue weighted by Gasteiger charge is -2.30. The molecule has 1 fully saturated rings. The third-order valence-corrected chi connectivity index (χ3v) is 2.81. The fraction of sp³-hybridized carbons (Fsp3) is 0.455. The Morgan fingerprint density at radius 1 is 1.53 bits per heavy atom. The van der Waals surface area contributed by atoms with Crippen LogP contribution >= 0.6 is 0 Å². The van der Waals surface area contributed by atoms with Crippen LogP contribution < -0.4 is 0 Å². The van der Waals surface area contributed by atoms with Crippen molar-refractivity contribution in [3.8, 4) is 0 Å². The first-order valence-electron chi connectivity index (χ1n) is 5.36. The first kappa shape index (κ1) is 11.7. The fourth-order valence-electron chi connectivity index (χ4n) is 1.83. The van der Waals surface area contributed by atoms with E-state index in [2.05, 4.69) is 4.98 Å². The topological polar surface area (TPSA) is 82.6 Å². The summed E-state index contributed by atoms with van der Waals surface area (Å²) in [4.78, 5) is 27.3. The number of amides is 1. The quantitative estimate of drug-likeness (QED) is 0.773. The van der Waals surface area contributed by atoms with Crippen molar-refractivity contribution in [1.82, 2.24) is 9.88 Å². The summed E-state index contributed by atoms with van der Waals surface area (Å²) in [5.74, 6) is -1.19. The van der Waals surface area contributed by atoms with Gasteiger partial charge >= 0.3 is 5.97 Å². The van der Waals surface area contributed by atoms with Crippen molar-refractivity contribution >= 4 is 11.9 Å². The Kier molecular flexibility index (Phi) is 3.14. The van der Waals surface area contributed by atoms with E-state index in [0.717, 1.165) is 5.56 Å². The Balaban J connectivity index is 2.10. The van der Waals surface area contributed by atoms with Gasteiger partial charge in [0.05, 0.1) is 18.7 Å². The fourth-order valence-corrected chi connectivity index (χ4v) is 1.83. The van der Waals surface area contributed by atoms with Crippen LogP contribution in [0.4, 0.5) is 0 Å². The zero-order valence-corrected chi connectivity index (χ0v) is 9.47. The monoisotopic (exact) mass is 238 g/mol. The number of aryl methyl sites for hydroxylation is 1. The molecule has 1 atom stereocenters. The minimum Gasteiger partial charge on any atom is -0.479 e. The van der Waals surface area contributed by atoms with Crippen LogP contribution in [-0.2, 0) is 9.53 Å². The molecular formula is C11H14N2O4. The minimum absolute atomic E-state index is 0.0960. The van der Waals surface area contributed by atoms with Crippen LogP contribution in [0.3, 0.4) is 0 Å². The van der Waals surface area contributed by atoms with E-state index in [-0.39, 0.29) is 19.1 Å². The highest BCUT2D eigenvalue weighted by Gasteiger charge is 2.29. The molecule has 1 amide bonds. The highest BCUT2D eigenvalue weighted by molar-refractivity contribution is 5.95. The van der Waals surface area contributed by atoms with E-state index in [0.29, 0.717) is 12.1 Å². The summed E-state index contributed by atoms with van der Waals surface area (Å²) in [6, 6.07) is 0. The minimum atomic E-state index is -1.03. The van der Waals surface area contributed by atoms with Crippen molar-refractivity contribution in [1.29, 1.82) is 0 Å². The third kappa shape index (κ3) is 2.31. The summed E-state index contributed by atoms with van der Waals surface area (Å²) in [5, 5.41) is 8.85. The molecule has 0 radical (unpaired) electrons. The van der Waals surface area contributed by atoms with E-state index in [1.807, 2.05) is 6.92 Å². The lowest BCUT2D eigenvalue weighted by atomic mass is 10.1. The number of carbonyl (C=O) groups is 2. The smallest absolute Gasteiger partial charge is 0.334 e. The molecule has 0 bridgehead atoms. The molecule has 0 aliphatic carbocycles. The number of rotatable bonds is 2. The van der Waals surface area contributed by atoms with Crippen molar-refractivity contribution in [3.63, 3.8) is 0 Å². The van der Waals surface area contributed by atoms with Gasteiger partial charge in [-0.1, -0.05) is 0 Å². The number of hydrogen-bond donors (Lipinski definition) is 2. The predicted molar refractivity (Wildman–Crippen MR) is 58.8 cm³/mol. The van der Waals surface area contributed by atoms with Crippen molar-refractivity contribution in [2.75, 3.05) is 19.7 Å². The molecule has 1 aliphatic rings. The van der Waals surface area contributed by atoms with Crippen LogP contribution in [0, 0.1) is 6.92 Å². The molecule has 1 unspecified atom stereocenters. The number of morpholine rings is 1. The van der Waals surface area contributed by atoms with Crippen LogP contribution in [-0.4, -0.2) is 52.7 Å². The molecule has 2 rings (SSSR count). The van der Waals surface area contributed by atoms with Crippen molar-refractivity contribution in [2.45, 2.75) is 13.0 Å². The van der Waals surface area contributed by atoms with Gasteiger partial charge in [-0.25, -0.2) is 4.79 Å². The molecule has 6 heteroatoms. The molecule has 1 aromatic rings. The Morgan fingerprint density at radius 3 is 2.88 bits per heavy atom. The van der Waals surface area contributed by atoms with E-state index in [4.69, 9.17) is 9.84 Å². The summed E-state index contributed by atoms with van der Waals surface area (Å²) < 4.78 is 5.07. The molecule has 0 saturated carbocycles. The van der Waals surface area contributed by atoms with Gasteiger partial charge in [0.15, 0.2) is 6.10 Å². The van der Waals surface area contributed by atoms with Crippen LogP contribution in [0.2, 0.25) is 0 Å². The number of hydrogen-bond acceptors (Lipinski definition) is 3. The number of aromatic amines is 1. The number of ether oxygens (including phenoxy) is 1. The number of carboxylic acids is 1. The Labute approximate surface area is 98.2 Å². The highest BCUT2D eigenvalue weighted by Crippen LogP contribution is 2.13. The number of aromatic nitrogens is 1. The van der Waals surface area contributed by atoms with Gasteiger partial charge in [0.1, 0.15) is 0 Å². The molecule has 2 heterocycles.